The summed E-state index contributed by atoms with van der Waals surface area (Å²) in [7, 11) is 3.53. The number of hydrogen-bond donors (Lipinski definition) is 2. The Morgan fingerprint density at radius 3 is 2.33 bits per heavy atom. The molecule has 1 aliphatic heterocycles. The fourth-order valence-electron chi connectivity index (χ4n) is 4.10. The lowest BCUT2D eigenvalue weighted by Gasteiger charge is -2.44. The van der Waals surface area contributed by atoms with Crippen LogP contribution in [0.1, 0.15) is 39.5 Å². The second-order valence-electron chi connectivity index (χ2n) is 6.99. The van der Waals surface area contributed by atoms with Gasteiger partial charge in [0.05, 0.1) is 18.8 Å². The Kier molecular flexibility index (Phi) is 6.03. The van der Waals surface area contributed by atoms with Gasteiger partial charge in [-0.05, 0) is 25.7 Å². The van der Waals surface area contributed by atoms with Crippen LogP contribution in [0.2, 0.25) is 0 Å². The average molecular weight is 300 g/mol. The molecule has 0 aromatic heterocycles. The molecule has 0 aromatic carbocycles. The highest BCUT2D eigenvalue weighted by atomic mass is 16.5. The Balaban J connectivity index is 2.00. The Hall–Kier alpha value is -0.200. The minimum absolute atomic E-state index is 0.120. The van der Waals surface area contributed by atoms with E-state index < -0.39 is 0 Å². The molecule has 4 unspecified atom stereocenters. The monoisotopic (exact) mass is 300 g/mol. The van der Waals surface area contributed by atoms with Crippen LogP contribution in [0.5, 0.6) is 0 Å². The normalized spacial score (nSPS) is 38.3. The van der Waals surface area contributed by atoms with Crippen molar-refractivity contribution < 1.29 is 14.6 Å². The fraction of sp³-hybridized carbons (Fsp3) is 1.00. The zero-order valence-corrected chi connectivity index (χ0v) is 14.0. The Bertz CT molecular complexity index is 315. The highest BCUT2D eigenvalue weighted by molar-refractivity contribution is 5.00. The van der Waals surface area contributed by atoms with Gasteiger partial charge in [-0.3, -0.25) is 4.90 Å². The van der Waals surface area contributed by atoms with Crippen LogP contribution >= 0.6 is 0 Å². The number of methoxy groups -OCH3 is 2. The minimum Gasteiger partial charge on any atom is -0.394 e. The molecule has 2 aliphatic rings. The number of hydrogen-bond acceptors (Lipinski definition) is 5. The molecule has 1 saturated carbocycles. The zero-order valence-electron chi connectivity index (χ0n) is 14.0. The predicted molar refractivity (Wildman–Crippen MR) is 83.5 cm³/mol. The van der Waals surface area contributed by atoms with Crippen LogP contribution in [-0.4, -0.2) is 73.8 Å². The molecule has 2 fully saturated rings. The van der Waals surface area contributed by atoms with Crippen molar-refractivity contribution in [1.82, 2.24) is 10.2 Å². The van der Waals surface area contributed by atoms with E-state index in [-0.39, 0.29) is 24.4 Å². The molecule has 2 rings (SSSR count). The summed E-state index contributed by atoms with van der Waals surface area (Å²) < 4.78 is 11.1. The maximum absolute atomic E-state index is 9.92. The molecule has 0 amide bonds. The van der Waals surface area contributed by atoms with Crippen LogP contribution in [0, 0.1) is 0 Å². The van der Waals surface area contributed by atoms with Crippen molar-refractivity contribution in [3.8, 4) is 0 Å². The van der Waals surface area contributed by atoms with Gasteiger partial charge in [0.2, 0.25) is 0 Å². The van der Waals surface area contributed by atoms with Crippen molar-refractivity contribution in [2.75, 3.05) is 33.9 Å². The van der Waals surface area contributed by atoms with E-state index in [0.29, 0.717) is 12.1 Å². The fourth-order valence-corrected chi connectivity index (χ4v) is 4.10. The number of aliphatic hydroxyl groups excluding tert-OH is 1. The first-order chi connectivity index (χ1) is 10.0. The molecule has 0 bridgehead atoms. The Morgan fingerprint density at radius 1 is 1.24 bits per heavy atom. The number of rotatable bonds is 6. The summed E-state index contributed by atoms with van der Waals surface area (Å²) in [6.07, 6.45) is 4.77. The largest absolute Gasteiger partial charge is 0.394 e. The van der Waals surface area contributed by atoms with Crippen molar-refractivity contribution in [3.63, 3.8) is 0 Å². The Morgan fingerprint density at radius 2 is 1.86 bits per heavy atom. The zero-order chi connectivity index (χ0) is 15.5. The van der Waals surface area contributed by atoms with E-state index in [1.807, 2.05) is 0 Å². The highest BCUT2D eigenvalue weighted by Gasteiger charge is 2.42. The lowest BCUT2D eigenvalue weighted by molar-refractivity contribution is -0.00461. The topological polar surface area (TPSA) is 54.0 Å². The van der Waals surface area contributed by atoms with E-state index >= 15 is 0 Å². The van der Waals surface area contributed by atoms with E-state index in [4.69, 9.17) is 9.47 Å². The molecule has 1 heterocycles. The van der Waals surface area contributed by atoms with Gasteiger partial charge in [-0.1, -0.05) is 13.8 Å². The number of nitrogens with one attached hydrogen (secondary N) is 1. The molecule has 4 atom stereocenters. The maximum Gasteiger partial charge on any atom is 0.0971 e. The third-order valence-electron chi connectivity index (χ3n) is 5.08. The maximum atomic E-state index is 9.92. The highest BCUT2D eigenvalue weighted by Crippen LogP contribution is 2.33. The van der Waals surface area contributed by atoms with Crippen LogP contribution in [0.25, 0.3) is 0 Å². The van der Waals surface area contributed by atoms with Crippen LogP contribution in [-0.2, 0) is 9.47 Å². The van der Waals surface area contributed by atoms with Gasteiger partial charge < -0.3 is 19.9 Å². The van der Waals surface area contributed by atoms with Gasteiger partial charge in [0, 0.05) is 44.9 Å². The predicted octanol–water partition coefficient (Wildman–Crippen LogP) is 1.00. The number of aliphatic hydroxyl groups is 1. The van der Waals surface area contributed by atoms with Crippen molar-refractivity contribution in [2.45, 2.75) is 69.4 Å². The molecular weight excluding hydrogens is 268 g/mol. The molecule has 0 aromatic rings. The van der Waals surface area contributed by atoms with Crippen LogP contribution < -0.4 is 5.32 Å². The van der Waals surface area contributed by atoms with Gasteiger partial charge in [0.25, 0.3) is 0 Å². The van der Waals surface area contributed by atoms with Crippen molar-refractivity contribution >= 4 is 0 Å². The number of nitrogens with zero attached hydrogens (tertiary/aromatic N) is 1. The lowest BCUT2D eigenvalue weighted by Crippen LogP contribution is -2.57. The molecule has 2 N–H and O–H groups in total. The van der Waals surface area contributed by atoms with Crippen molar-refractivity contribution in [2.24, 2.45) is 0 Å². The summed E-state index contributed by atoms with van der Waals surface area (Å²) in [5.41, 5.74) is -0.120. The van der Waals surface area contributed by atoms with E-state index in [0.717, 1.165) is 32.4 Å². The molecule has 124 valence electrons. The van der Waals surface area contributed by atoms with Crippen molar-refractivity contribution in [1.29, 1.82) is 0 Å². The first kappa shape index (κ1) is 17.2. The smallest absolute Gasteiger partial charge is 0.0971 e. The molecule has 1 aliphatic carbocycles. The van der Waals surface area contributed by atoms with E-state index in [2.05, 4.69) is 24.1 Å². The van der Waals surface area contributed by atoms with Gasteiger partial charge in [0.1, 0.15) is 0 Å². The molecule has 21 heavy (non-hydrogen) atoms. The van der Waals surface area contributed by atoms with E-state index in [1.165, 1.54) is 6.42 Å². The second-order valence-corrected chi connectivity index (χ2v) is 6.99. The van der Waals surface area contributed by atoms with Crippen LogP contribution in [0.15, 0.2) is 0 Å². The van der Waals surface area contributed by atoms with Gasteiger partial charge in [-0.2, -0.15) is 0 Å². The summed E-state index contributed by atoms with van der Waals surface area (Å²) in [4.78, 5) is 2.49. The lowest BCUT2D eigenvalue weighted by atomic mass is 9.78. The van der Waals surface area contributed by atoms with E-state index in [9.17, 15) is 5.11 Å². The van der Waals surface area contributed by atoms with Gasteiger partial charge >= 0.3 is 0 Å². The molecule has 1 saturated heterocycles. The number of likely N-dealkylation sites (tertiary alicyclic amines) is 1. The molecular formula is C16H32N2O3. The Labute approximate surface area is 129 Å². The minimum atomic E-state index is -0.120. The average Bonchev–Trinajstić information content (AvgIpc) is 2.90. The molecule has 5 heteroatoms. The summed E-state index contributed by atoms with van der Waals surface area (Å²) in [5, 5.41) is 13.5. The van der Waals surface area contributed by atoms with Gasteiger partial charge in [-0.25, -0.2) is 0 Å². The second kappa shape index (κ2) is 7.38. The third kappa shape index (κ3) is 3.96. The van der Waals surface area contributed by atoms with E-state index in [1.54, 1.807) is 14.2 Å². The van der Waals surface area contributed by atoms with Crippen LogP contribution in [0.3, 0.4) is 0 Å². The summed E-state index contributed by atoms with van der Waals surface area (Å²) >= 11 is 0. The summed E-state index contributed by atoms with van der Waals surface area (Å²) in [5.74, 6) is 0. The van der Waals surface area contributed by atoms with Gasteiger partial charge in [-0.15, -0.1) is 0 Å². The first-order valence-corrected chi connectivity index (χ1v) is 8.22. The summed E-state index contributed by atoms with van der Waals surface area (Å²) in [6.45, 7) is 6.39. The third-order valence-corrected chi connectivity index (χ3v) is 5.08. The first-order valence-electron chi connectivity index (χ1n) is 8.22. The molecule has 0 spiro atoms. The number of ether oxygens (including phenoxy) is 2. The quantitative estimate of drug-likeness (QED) is 0.766. The molecule has 5 nitrogen and oxygen atoms in total. The van der Waals surface area contributed by atoms with Gasteiger partial charge in [0.15, 0.2) is 0 Å². The van der Waals surface area contributed by atoms with Crippen molar-refractivity contribution in [3.05, 3.63) is 0 Å². The SMILES string of the molecule is COC1CN(C2CCCC(CO)(NC(C)C)C2)CC1OC. The van der Waals surface area contributed by atoms with Crippen LogP contribution in [0.4, 0.5) is 0 Å². The molecule has 0 radical (unpaired) electrons. The summed E-state index contributed by atoms with van der Waals surface area (Å²) in [6, 6.07) is 0.905. The standard InChI is InChI=1S/C16H32N2O3/c1-12(2)17-16(11-19)7-5-6-13(8-16)18-9-14(20-3)15(10-18)21-4/h12-15,17,19H,5-11H2,1-4H3.